The maximum Gasteiger partial charge on any atom is 0.460 e. The number of rotatable bonds is 9. The van der Waals surface area contributed by atoms with E-state index in [0.29, 0.717) is 31.2 Å². The van der Waals surface area contributed by atoms with E-state index < -0.39 is 92.6 Å². The molecule has 7 nitrogen and oxygen atoms in total. The van der Waals surface area contributed by atoms with Crippen LogP contribution < -0.4 is 0 Å². The van der Waals surface area contributed by atoms with Crippen LogP contribution in [0.5, 0.6) is 0 Å². The van der Waals surface area contributed by atoms with Gasteiger partial charge in [-0.25, -0.2) is 0 Å². The highest BCUT2D eigenvalue weighted by molar-refractivity contribution is 5.98. The number of hydrogen-bond donors (Lipinski definition) is 1. The van der Waals surface area contributed by atoms with Crippen molar-refractivity contribution in [3.8, 4) is 0 Å². The lowest BCUT2D eigenvalue weighted by molar-refractivity contribution is -0.469. The van der Waals surface area contributed by atoms with Crippen molar-refractivity contribution in [3.63, 3.8) is 0 Å². The molecule has 1 heterocycles. The molecule has 1 aromatic rings. The van der Waals surface area contributed by atoms with Gasteiger partial charge < -0.3 is 5.11 Å². The van der Waals surface area contributed by atoms with Crippen LogP contribution in [-0.4, -0.2) is 80.0 Å². The Hall–Kier alpha value is -3.47. The van der Waals surface area contributed by atoms with Crippen LogP contribution in [0.3, 0.4) is 0 Å². The summed E-state index contributed by atoms with van der Waals surface area (Å²) in [5.74, 6) is -61.4. The fourth-order valence-electron chi connectivity index (χ4n) is 3.44. The van der Waals surface area contributed by atoms with Gasteiger partial charge in [-0.05, 0) is 19.1 Å². The van der Waals surface area contributed by atoms with Crippen LogP contribution in [0.1, 0.15) is 23.7 Å². The Bertz CT molecular complexity index is 1310. The minimum Gasteiger partial charge on any atom is -0.364 e. The van der Waals surface area contributed by atoms with Gasteiger partial charge in [0, 0.05) is 29.8 Å². The van der Waals surface area contributed by atoms with E-state index in [1.807, 2.05) is 0 Å². The van der Waals surface area contributed by atoms with Crippen LogP contribution in [0, 0.1) is 10.1 Å². The van der Waals surface area contributed by atoms with Crippen molar-refractivity contribution in [2.75, 3.05) is 0 Å². The van der Waals surface area contributed by atoms with Crippen molar-refractivity contribution >= 4 is 17.3 Å². The topological polar surface area (TPSA) is 96.0 Å². The van der Waals surface area contributed by atoms with Crippen molar-refractivity contribution < 1.29 is 89.5 Å². The van der Waals surface area contributed by atoms with Crippen molar-refractivity contribution in [2.45, 2.75) is 66.7 Å². The number of nitro groups is 1. The molecule has 0 saturated carbocycles. The second-order valence-corrected chi connectivity index (χ2v) is 8.77. The quantitative estimate of drug-likeness (QED) is 0.185. The van der Waals surface area contributed by atoms with E-state index in [9.17, 15) is 94.7 Å². The second kappa shape index (κ2) is 9.77. The van der Waals surface area contributed by atoms with Gasteiger partial charge >= 0.3 is 47.6 Å². The zero-order chi connectivity index (χ0) is 34.2. The Kier molecular flexibility index (Phi) is 8.12. The molecule has 0 fully saturated rings. The summed E-state index contributed by atoms with van der Waals surface area (Å²) in [6.45, 7) is 0.503. The monoisotopic (exact) mass is 667 g/mol. The van der Waals surface area contributed by atoms with E-state index >= 15 is 0 Å². The fourth-order valence-corrected chi connectivity index (χ4v) is 3.44. The highest BCUT2D eigenvalue weighted by Crippen LogP contribution is 2.65. The normalized spacial score (nSPS) is 19.9. The summed E-state index contributed by atoms with van der Waals surface area (Å²) >= 11 is 0. The van der Waals surface area contributed by atoms with Crippen LogP contribution in [0.15, 0.2) is 29.4 Å². The number of nitrogens with zero attached hydrogens (tertiary/aromatic N) is 3. The maximum absolute atomic E-state index is 15.0. The number of aliphatic hydroxyl groups is 1. The number of non-ortho nitro benzene ring substituents is 1. The maximum atomic E-state index is 15.0. The van der Waals surface area contributed by atoms with Crippen molar-refractivity contribution in [3.05, 3.63) is 39.9 Å². The van der Waals surface area contributed by atoms with Gasteiger partial charge in [0.25, 0.3) is 11.6 Å². The van der Waals surface area contributed by atoms with E-state index in [4.69, 9.17) is 0 Å². The summed E-state index contributed by atoms with van der Waals surface area (Å²) in [5, 5.41) is 22.6. The lowest BCUT2D eigenvalue weighted by Crippen LogP contribution is -2.77. The Morgan fingerprint density at radius 3 is 1.51 bits per heavy atom. The Balaban J connectivity index is 2.69. The molecule has 0 radical (unpaired) electrons. The number of halogens is 17. The van der Waals surface area contributed by atoms with Crippen LogP contribution in [0.25, 0.3) is 0 Å². The SMILES string of the molecule is CC1=NN(C(=O)c2ccc([N+](=O)[O-])cc2)C(O)(C(F)(F)C(F)(F)C(F)(F)C(F)(F)C(F)(F)C(F)(F)C(F)(F)C(F)(F)F)C1. The van der Waals surface area contributed by atoms with Gasteiger partial charge in [-0.15, -0.1) is 0 Å². The molecule has 1 aromatic carbocycles. The highest BCUT2D eigenvalue weighted by Gasteiger charge is 2.96. The Labute approximate surface area is 224 Å². The van der Waals surface area contributed by atoms with Crippen molar-refractivity contribution in [1.29, 1.82) is 0 Å². The molecule has 1 amide bonds. The molecule has 0 aliphatic carbocycles. The first-order chi connectivity index (χ1) is 18.8. The molecule has 0 spiro atoms. The standard InChI is InChI=1S/C19H10F17N3O4/c1-7-6-11(41,38(37-7)10(40)8-2-4-9(5-3-8)39(42)43)12(20,21)13(22,23)14(24,25)15(26,27)16(28,29)17(30,31)18(32,33)19(34,35)36/h2-5,41H,6H2,1H3. The van der Waals surface area contributed by atoms with Crippen LogP contribution in [0.4, 0.5) is 80.3 Å². The van der Waals surface area contributed by atoms with E-state index in [1.165, 1.54) is 0 Å². The molecule has 24 heteroatoms. The van der Waals surface area contributed by atoms with Gasteiger partial charge in [-0.2, -0.15) is 84.7 Å². The minimum atomic E-state index is -8.89. The summed E-state index contributed by atoms with van der Waals surface area (Å²) in [4.78, 5) is 22.2. The number of hydrogen-bond acceptors (Lipinski definition) is 5. The predicted molar refractivity (Wildman–Crippen MR) is 103 cm³/mol. The van der Waals surface area contributed by atoms with Gasteiger partial charge in [-0.3, -0.25) is 14.9 Å². The molecule has 0 saturated heterocycles. The number of amides is 1. The number of benzene rings is 1. The summed E-state index contributed by atoms with van der Waals surface area (Å²) in [6.07, 6.45) is -10.1. The molecule has 43 heavy (non-hydrogen) atoms. The first kappa shape index (κ1) is 35.7. The third kappa shape index (κ3) is 4.62. The van der Waals surface area contributed by atoms with E-state index in [2.05, 4.69) is 5.10 Å². The molecule has 1 N–H and O–H groups in total. The summed E-state index contributed by atoms with van der Waals surface area (Å²) in [7, 11) is 0. The molecular weight excluding hydrogens is 657 g/mol. The molecule has 244 valence electrons. The van der Waals surface area contributed by atoms with Gasteiger partial charge in [0.2, 0.25) is 5.72 Å². The third-order valence-corrected chi connectivity index (χ3v) is 5.87. The van der Waals surface area contributed by atoms with E-state index in [1.54, 1.807) is 0 Å². The van der Waals surface area contributed by atoms with Gasteiger partial charge in [-0.1, -0.05) is 0 Å². The predicted octanol–water partition coefficient (Wildman–Crippen LogP) is 6.51. The first-order valence-electron chi connectivity index (χ1n) is 10.4. The lowest BCUT2D eigenvalue weighted by Gasteiger charge is -2.46. The van der Waals surface area contributed by atoms with Crippen LogP contribution >= 0.6 is 0 Å². The molecule has 0 aromatic heterocycles. The lowest BCUT2D eigenvalue weighted by atomic mass is 9.84. The van der Waals surface area contributed by atoms with Crippen molar-refractivity contribution in [1.82, 2.24) is 5.01 Å². The van der Waals surface area contributed by atoms with Crippen LogP contribution in [-0.2, 0) is 0 Å². The molecule has 1 aliphatic rings. The average Bonchev–Trinajstić information content (AvgIpc) is 3.17. The molecule has 1 aliphatic heterocycles. The average molecular weight is 667 g/mol. The number of hydrazone groups is 1. The zero-order valence-corrected chi connectivity index (χ0v) is 20.0. The number of carbonyl (C=O) groups is 1. The molecular formula is C19H10F17N3O4. The Morgan fingerprint density at radius 1 is 0.767 bits per heavy atom. The number of nitro benzene ring substituents is 1. The fraction of sp³-hybridized carbons (Fsp3) is 0.579. The van der Waals surface area contributed by atoms with Crippen molar-refractivity contribution in [2.24, 2.45) is 5.10 Å². The number of carbonyl (C=O) groups excluding carboxylic acids is 1. The second-order valence-electron chi connectivity index (χ2n) is 8.77. The van der Waals surface area contributed by atoms with E-state index in [-0.39, 0.29) is 0 Å². The molecule has 1 atom stereocenters. The molecule has 1 unspecified atom stereocenters. The van der Waals surface area contributed by atoms with Gasteiger partial charge in [0.1, 0.15) is 0 Å². The summed E-state index contributed by atoms with van der Waals surface area (Å²) < 4.78 is 232. The highest BCUT2D eigenvalue weighted by atomic mass is 19.4. The third-order valence-electron chi connectivity index (χ3n) is 5.87. The van der Waals surface area contributed by atoms with Gasteiger partial charge in [0.05, 0.1) is 4.92 Å². The minimum absolute atomic E-state index is 0.382. The van der Waals surface area contributed by atoms with Crippen LogP contribution in [0.2, 0.25) is 0 Å². The Morgan fingerprint density at radius 2 is 1.14 bits per heavy atom. The smallest absolute Gasteiger partial charge is 0.364 e. The summed E-state index contributed by atoms with van der Waals surface area (Å²) in [6, 6.07) is 1.68. The van der Waals surface area contributed by atoms with E-state index in [0.717, 1.165) is 0 Å². The summed E-state index contributed by atoms with van der Waals surface area (Å²) in [5.41, 5.74) is -8.25. The van der Waals surface area contributed by atoms with Gasteiger partial charge in [0.15, 0.2) is 0 Å². The molecule has 2 rings (SSSR count). The first-order valence-corrected chi connectivity index (χ1v) is 10.4. The molecule has 0 bridgehead atoms. The largest absolute Gasteiger partial charge is 0.460 e. The number of alkyl halides is 17. The zero-order valence-electron chi connectivity index (χ0n) is 20.0.